The van der Waals surface area contributed by atoms with E-state index in [2.05, 4.69) is 10.3 Å². The molecule has 140 valence electrons. The van der Waals surface area contributed by atoms with Crippen LogP contribution < -0.4 is 11.0 Å². The number of para-hydroxylation sites is 1. The Kier molecular flexibility index (Phi) is 4.76. The van der Waals surface area contributed by atoms with Crippen molar-refractivity contribution in [2.75, 3.05) is 0 Å². The van der Waals surface area contributed by atoms with E-state index in [9.17, 15) is 9.59 Å². The van der Waals surface area contributed by atoms with Crippen molar-refractivity contribution in [3.8, 4) is 5.69 Å². The van der Waals surface area contributed by atoms with Gasteiger partial charge in [-0.3, -0.25) is 9.36 Å². The molecule has 1 atom stereocenters. The SMILES string of the molecule is C[C@H](NC(=O)Cn1c(=O)n(-c2ccccc2)c2ncccc21)c1ccccc1. The summed E-state index contributed by atoms with van der Waals surface area (Å²) in [6.07, 6.45) is 1.64. The minimum Gasteiger partial charge on any atom is -0.348 e. The third-order valence-electron chi connectivity index (χ3n) is 4.68. The first-order valence-electron chi connectivity index (χ1n) is 9.11. The van der Waals surface area contributed by atoms with Gasteiger partial charge >= 0.3 is 5.69 Å². The summed E-state index contributed by atoms with van der Waals surface area (Å²) >= 11 is 0. The van der Waals surface area contributed by atoms with E-state index in [1.54, 1.807) is 18.3 Å². The molecule has 6 nitrogen and oxygen atoms in total. The second-order valence-corrected chi connectivity index (χ2v) is 6.59. The highest BCUT2D eigenvalue weighted by Crippen LogP contribution is 2.16. The van der Waals surface area contributed by atoms with Gasteiger partial charge in [0.15, 0.2) is 5.65 Å². The third-order valence-corrected chi connectivity index (χ3v) is 4.68. The summed E-state index contributed by atoms with van der Waals surface area (Å²) in [6, 6.07) is 22.4. The fourth-order valence-electron chi connectivity index (χ4n) is 3.30. The lowest BCUT2D eigenvalue weighted by Crippen LogP contribution is -2.34. The van der Waals surface area contributed by atoms with E-state index in [0.29, 0.717) is 16.9 Å². The molecule has 0 saturated carbocycles. The van der Waals surface area contributed by atoms with Gasteiger partial charge in [0, 0.05) is 6.20 Å². The molecule has 2 aromatic carbocycles. The average molecular weight is 372 g/mol. The topological polar surface area (TPSA) is 68.9 Å². The molecule has 0 saturated heterocycles. The van der Waals surface area contributed by atoms with Gasteiger partial charge < -0.3 is 5.32 Å². The van der Waals surface area contributed by atoms with E-state index in [0.717, 1.165) is 5.56 Å². The molecule has 0 aliphatic heterocycles. The Balaban J connectivity index is 1.67. The van der Waals surface area contributed by atoms with Crippen molar-refractivity contribution in [3.63, 3.8) is 0 Å². The quantitative estimate of drug-likeness (QED) is 0.585. The molecule has 2 aromatic heterocycles. The van der Waals surface area contributed by atoms with Gasteiger partial charge in [-0.25, -0.2) is 14.3 Å². The van der Waals surface area contributed by atoms with E-state index >= 15 is 0 Å². The van der Waals surface area contributed by atoms with Gasteiger partial charge in [-0.05, 0) is 36.8 Å². The molecule has 28 heavy (non-hydrogen) atoms. The Labute approximate surface area is 162 Å². The van der Waals surface area contributed by atoms with E-state index in [-0.39, 0.29) is 24.2 Å². The molecule has 1 N–H and O–H groups in total. The van der Waals surface area contributed by atoms with Crippen molar-refractivity contribution in [2.24, 2.45) is 0 Å². The number of imidazole rings is 1. The third kappa shape index (κ3) is 3.32. The highest BCUT2D eigenvalue weighted by Gasteiger charge is 2.18. The molecule has 0 unspecified atom stereocenters. The zero-order chi connectivity index (χ0) is 19.5. The van der Waals surface area contributed by atoms with Crippen LogP contribution in [0.2, 0.25) is 0 Å². The summed E-state index contributed by atoms with van der Waals surface area (Å²) in [5, 5.41) is 2.96. The molecule has 0 bridgehead atoms. The molecule has 1 amide bonds. The first kappa shape index (κ1) is 17.7. The lowest BCUT2D eigenvalue weighted by Gasteiger charge is -2.14. The van der Waals surface area contributed by atoms with Crippen LogP contribution in [0.5, 0.6) is 0 Å². The summed E-state index contributed by atoms with van der Waals surface area (Å²) < 4.78 is 2.99. The molecule has 0 aliphatic carbocycles. The highest BCUT2D eigenvalue weighted by atomic mass is 16.2. The Bertz CT molecular complexity index is 1160. The van der Waals surface area contributed by atoms with Crippen molar-refractivity contribution in [2.45, 2.75) is 19.5 Å². The number of hydrogen-bond acceptors (Lipinski definition) is 3. The number of aromatic nitrogens is 3. The normalized spacial score (nSPS) is 12.0. The monoisotopic (exact) mass is 372 g/mol. The van der Waals surface area contributed by atoms with Crippen LogP contribution in [0.4, 0.5) is 0 Å². The molecule has 4 rings (SSSR count). The molecule has 0 spiro atoms. The van der Waals surface area contributed by atoms with E-state index in [1.807, 2.05) is 67.6 Å². The lowest BCUT2D eigenvalue weighted by molar-refractivity contribution is -0.122. The minimum atomic E-state index is -0.289. The number of rotatable bonds is 5. The number of fused-ring (bicyclic) bond motifs is 1. The zero-order valence-electron chi connectivity index (χ0n) is 15.4. The number of nitrogens with zero attached hydrogens (tertiary/aromatic N) is 3. The summed E-state index contributed by atoms with van der Waals surface area (Å²) in [5.74, 6) is -0.227. The van der Waals surface area contributed by atoms with Gasteiger partial charge in [-0.1, -0.05) is 48.5 Å². The molecule has 0 radical (unpaired) electrons. The molecule has 0 aliphatic rings. The van der Waals surface area contributed by atoms with Gasteiger partial charge in [0.2, 0.25) is 5.91 Å². The standard InChI is InChI=1S/C22H20N4O2/c1-16(17-9-4-2-5-10-17)24-20(27)15-25-19-13-8-14-23-21(19)26(22(25)28)18-11-6-3-7-12-18/h2-14,16H,15H2,1H3,(H,24,27)/t16-/m0/s1. The van der Waals surface area contributed by atoms with Crippen LogP contribution in [0.15, 0.2) is 83.8 Å². The maximum absolute atomic E-state index is 13.1. The number of nitrogens with one attached hydrogen (secondary N) is 1. The van der Waals surface area contributed by atoms with Crippen molar-refractivity contribution in [1.29, 1.82) is 0 Å². The molecule has 6 heteroatoms. The van der Waals surface area contributed by atoms with E-state index < -0.39 is 0 Å². The molecule has 4 aromatic rings. The number of pyridine rings is 1. The predicted molar refractivity (Wildman–Crippen MR) is 108 cm³/mol. The van der Waals surface area contributed by atoms with Gasteiger partial charge in [-0.15, -0.1) is 0 Å². The zero-order valence-corrected chi connectivity index (χ0v) is 15.4. The largest absolute Gasteiger partial charge is 0.348 e. The molecule has 0 fully saturated rings. The van der Waals surface area contributed by atoms with Crippen molar-refractivity contribution < 1.29 is 4.79 Å². The minimum absolute atomic E-state index is 0.0714. The predicted octanol–water partition coefficient (Wildman–Crippen LogP) is 3.06. The van der Waals surface area contributed by atoms with Crippen LogP contribution in [-0.4, -0.2) is 20.0 Å². The molecule has 2 heterocycles. The fraction of sp³-hybridized carbons (Fsp3) is 0.136. The summed E-state index contributed by atoms with van der Waals surface area (Å²) in [4.78, 5) is 30.1. The maximum atomic E-state index is 13.1. The lowest BCUT2D eigenvalue weighted by atomic mass is 10.1. The summed E-state index contributed by atoms with van der Waals surface area (Å²) in [7, 11) is 0. The van der Waals surface area contributed by atoms with Crippen molar-refractivity contribution in [1.82, 2.24) is 19.4 Å². The highest BCUT2D eigenvalue weighted by molar-refractivity contribution is 5.80. The average Bonchev–Trinajstić information content (AvgIpc) is 3.01. The molecular weight excluding hydrogens is 352 g/mol. The van der Waals surface area contributed by atoms with E-state index in [1.165, 1.54) is 9.13 Å². The van der Waals surface area contributed by atoms with Gasteiger partial charge in [0.1, 0.15) is 6.54 Å². The smallest absolute Gasteiger partial charge is 0.335 e. The van der Waals surface area contributed by atoms with Crippen LogP contribution >= 0.6 is 0 Å². The number of benzene rings is 2. The van der Waals surface area contributed by atoms with Crippen molar-refractivity contribution in [3.05, 3.63) is 95.0 Å². The number of carbonyl (C=O) groups is 1. The van der Waals surface area contributed by atoms with Crippen LogP contribution in [0.25, 0.3) is 16.9 Å². The second kappa shape index (κ2) is 7.52. The maximum Gasteiger partial charge on any atom is 0.335 e. The second-order valence-electron chi connectivity index (χ2n) is 6.59. The fourth-order valence-corrected chi connectivity index (χ4v) is 3.30. The summed E-state index contributed by atoms with van der Waals surface area (Å²) in [6.45, 7) is 1.85. The van der Waals surface area contributed by atoms with Gasteiger partial charge in [-0.2, -0.15) is 0 Å². The first-order chi connectivity index (χ1) is 13.6. The van der Waals surface area contributed by atoms with Crippen molar-refractivity contribution >= 4 is 17.1 Å². The number of amides is 1. The van der Waals surface area contributed by atoms with E-state index in [4.69, 9.17) is 0 Å². The Morgan fingerprint density at radius 1 is 1.00 bits per heavy atom. The van der Waals surface area contributed by atoms with Crippen LogP contribution in [0.3, 0.4) is 0 Å². The Hall–Kier alpha value is -3.67. The Morgan fingerprint density at radius 2 is 1.68 bits per heavy atom. The Morgan fingerprint density at radius 3 is 2.39 bits per heavy atom. The van der Waals surface area contributed by atoms with Crippen LogP contribution in [0, 0.1) is 0 Å². The summed E-state index contributed by atoms with van der Waals surface area (Å²) in [5.41, 5.74) is 2.59. The van der Waals surface area contributed by atoms with Gasteiger partial charge in [0.05, 0.1) is 17.2 Å². The van der Waals surface area contributed by atoms with Crippen LogP contribution in [0.1, 0.15) is 18.5 Å². The van der Waals surface area contributed by atoms with Crippen LogP contribution in [-0.2, 0) is 11.3 Å². The number of hydrogen-bond donors (Lipinski definition) is 1. The van der Waals surface area contributed by atoms with Gasteiger partial charge in [0.25, 0.3) is 0 Å². The number of carbonyl (C=O) groups excluding carboxylic acids is 1. The first-order valence-corrected chi connectivity index (χ1v) is 9.11. The molecular formula is C22H20N4O2.